The van der Waals surface area contributed by atoms with Crippen molar-refractivity contribution in [3.63, 3.8) is 0 Å². The first-order chi connectivity index (χ1) is 7.08. The van der Waals surface area contributed by atoms with Gasteiger partial charge >= 0.3 is 5.97 Å². The molecule has 0 aromatic heterocycles. The summed E-state index contributed by atoms with van der Waals surface area (Å²) in [5.74, 6) is -0.347. The van der Waals surface area contributed by atoms with Gasteiger partial charge in [-0.25, -0.2) is 4.39 Å². The Morgan fingerprint density at radius 3 is 2.80 bits per heavy atom. The lowest BCUT2D eigenvalue weighted by Crippen LogP contribution is -2.50. The number of hydrogen-bond donors (Lipinski definition) is 0. The van der Waals surface area contributed by atoms with E-state index in [2.05, 4.69) is 0 Å². The van der Waals surface area contributed by atoms with Crippen LogP contribution in [0.5, 0.6) is 0 Å². The zero-order valence-corrected chi connectivity index (χ0v) is 9.03. The Bertz CT molecular complexity index is 269. The fourth-order valence-corrected chi connectivity index (χ4v) is 2.37. The molecule has 0 saturated carbocycles. The number of hydrogen-bond acceptors (Lipinski definition) is 4. The molecule has 15 heavy (non-hydrogen) atoms. The third-order valence-electron chi connectivity index (χ3n) is 3.29. The smallest absolute Gasteiger partial charge is 0.326 e. The van der Waals surface area contributed by atoms with E-state index in [-0.39, 0.29) is 18.5 Å². The van der Waals surface area contributed by atoms with Gasteiger partial charge in [0.1, 0.15) is 11.7 Å². The minimum atomic E-state index is -0.951. The number of halogens is 1. The van der Waals surface area contributed by atoms with Crippen molar-refractivity contribution in [3.05, 3.63) is 0 Å². The van der Waals surface area contributed by atoms with Crippen LogP contribution in [0.2, 0.25) is 0 Å². The number of ether oxygens (including phenoxy) is 2. The van der Waals surface area contributed by atoms with Gasteiger partial charge in [0.05, 0.1) is 19.8 Å². The molecule has 86 valence electrons. The van der Waals surface area contributed by atoms with Crippen LogP contribution in [-0.4, -0.2) is 56.0 Å². The summed E-state index contributed by atoms with van der Waals surface area (Å²) >= 11 is 0. The number of methoxy groups -OCH3 is 1. The van der Waals surface area contributed by atoms with Crippen LogP contribution >= 0.6 is 0 Å². The number of esters is 1. The van der Waals surface area contributed by atoms with Crippen molar-refractivity contribution in [2.75, 3.05) is 27.3 Å². The monoisotopic (exact) mass is 217 g/mol. The van der Waals surface area contributed by atoms with Gasteiger partial charge in [-0.1, -0.05) is 0 Å². The highest BCUT2D eigenvalue weighted by Crippen LogP contribution is 2.37. The fraction of sp³-hybridized carbons (Fsp3) is 0.900. The molecule has 4 nitrogen and oxygen atoms in total. The van der Waals surface area contributed by atoms with E-state index in [0.29, 0.717) is 19.6 Å². The number of nitrogens with zero attached hydrogens (tertiary/aromatic N) is 1. The lowest BCUT2D eigenvalue weighted by molar-refractivity contribution is -0.153. The Kier molecular flexibility index (Phi) is 2.68. The maximum absolute atomic E-state index is 13.3. The van der Waals surface area contributed by atoms with E-state index >= 15 is 0 Å². The molecule has 2 heterocycles. The predicted octanol–water partition coefficient (Wildman–Crippen LogP) is 0.361. The van der Waals surface area contributed by atoms with Crippen molar-refractivity contribution in [2.24, 2.45) is 0 Å². The molecule has 5 heteroatoms. The van der Waals surface area contributed by atoms with Crippen LogP contribution in [0.3, 0.4) is 0 Å². The molecular formula is C10H16FNO3. The number of likely N-dealkylation sites (N-methyl/N-ethyl adjacent to an activating group) is 1. The Morgan fingerprint density at radius 1 is 1.73 bits per heavy atom. The van der Waals surface area contributed by atoms with Gasteiger partial charge in [0.15, 0.2) is 0 Å². The number of carbonyl (C=O) groups is 1. The van der Waals surface area contributed by atoms with E-state index < -0.39 is 11.7 Å². The minimum Gasteiger partial charge on any atom is -0.468 e. The molecular weight excluding hydrogens is 201 g/mol. The molecule has 0 N–H and O–H groups in total. The van der Waals surface area contributed by atoms with E-state index in [1.807, 2.05) is 0 Å². The Hall–Kier alpha value is -0.680. The molecule has 0 bridgehead atoms. The molecule has 0 aromatic rings. The molecule has 3 unspecified atom stereocenters. The van der Waals surface area contributed by atoms with Crippen molar-refractivity contribution in [1.29, 1.82) is 0 Å². The van der Waals surface area contributed by atoms with Crippen molar-refractivity contribution < 1.29 is 18.7 Å². The maximum Gasteiger partial charge on any atom is 0.326 e. The molecule has 2 aliphatic heterocycles. The molecule has 0 spiro atoms. The highest BCUT2D eigenvalue weighted by atomic mass is 19.1. The lowest BCUT2D eigenvalue weighted by Gasteiger charge is -2.32. The first kappa shape index (κ1) is 10.8. The predicted molar refractivity (Wildman–Crippen MR) is 51.2 cm³/mol. The minimum absolute atomic E-state index is 0.0943. The van der Waals surface area contributed by atoms with Crippen LogP contribution in [0.4, 0.5) is 4.39 Å². The van der Waals surface area contributed by atoms with E-state index in [1.165, 1.54) is 7.11 Å². The second kappa shape index (κ2) is 3.72. The summed E-state index contributed by atoms with van der Waals surface area (Å²) in [6, 6.07) is 0. The van der Waals surface area contributed by atoms with Crippen LogP contribution in [0, 0.1) is 0 Å². The Balaban J connectivity index is 2.16. The molecule has 0 aromatic carbocycles. The summed E-state index contributed by atoms with van der Waals surface area (Å²) in [5, 5.41) is 0. The zero-order valence-electron chi connectivity index (χ0n) is 9.03. The molecule has 2 fully saturated rings. The van der Waals surface area contributed by atoms with Gasteiger partial charge in [0.25, 0.3) is 0 Å². The first-order valence-corrected chi connectivity index (χ1v) is 5.14. The van der Waals surface area contributed by atoms with Gasteiger partial charge in [-0.3, -0.25) is 9.69 Å². The second-order valence-electron chi connectivity index (χ2n) is 4.36. The normalized spacial score (nSPS) is 40.5. The topological polar surface area (TPSA) is 42.1 Å². The SMILES string of the molecule is COC(=O)C1(CC2CO2)CC(F)CN1C. The fourth-order valence-electron chi connectivity index (χ4n) is 2.37. The molecule has 2 rings (SSSR count). The Morgan fingerprint density at radius 2 is 2.40 bits per heavy atom. The van der Waals surface area contributed by atoms with Crippen molar-refractivity contribution in [3.8, 4) is 0 Å². The molecule has 2 aliphatic rings. The maximum atomic E-state index is 13.3. The summed E-state index contributed by atoms with van der Waals surface area (Å²) in [6.45, 7) is 0.964. The molecule has 0 aliphatic carbocycles. The lowest BCUT2D eigenvalue weighted by atomic mass is 9.90. The second-order valence-corrected chi connectivity index (χ2v) is 4.36. The first-order valence-electron chi connectivity index (χ1n) is 5.14. The van der Waals surface area contributed by atoms with Gasteiger partial charge < -0.3 is 9.47 Å². The van der Waals surface area contributed by atoms with Gasteiger partial charge in [-0.05, 0) is 7.05 Å². The summed E-state index contributed by atoms with van der Waals surface area (Å²) in [4.78, 5) is 13.5. The van der Waals surface area contributed by atoms with Crippen LogP contribution in [0.1, 0.15) is 12.8 Å². The number of carbonyl (C=O) groups excluding carboxylic acids is 1. The largest absolute Gasteiger partial charge is 0.468 e. The van der Waals surface area contributed by atoms with Gasteiger partial charge in [-0.15, -0.1) is 0 Å². The third kappa shape index (κ3) is 1.86. The van der Waals surface area contributed by atoms with E-state index in [0.717, 1.165) is 0 Å². The van der Waals surface area contributed by atoms with Crippen molar-refractivity contribution >= 4 is 5.97 Å². The zero-order chi connectivity index (χ0) is 11.1. The highest BCUT2D eigenvalue weighted by Gasteiger charge is 2.53. The van der Waals surface area contributed by atoms with Crippen molar-refractivity contribution in [1.82, 2.24) is 4.90 Å². The van der Waals surface area contributed by atoms with E-state index in [1.54, 1.807) is 11.9 Å². The van der Waals surface area contributed by atoms with E-state index in [9.17, 15) is 9.18 Å². The van der Waals surface area contributed by atoms with Gasteiger partial charge in [0, 0.05) is 19.4 Å². The summed E-state index contributed by atoms with van der Waals surface area (Å²) in [5.41, 5.74) is -0.810. The summed E-state index contributed by atoms with van der Waals surface area (Å²) in [6.07, 6.45) is -0.100. The number of likely N-dealkylation sites (tertiary alicyclic amines) is 1. The molecule has 0 amide bonds. The average Bonchev–Trinajstić information content (AvgIpc) is 2.93. The number of rotatable bonds is 3. The van der Waals surface area contributed by atoms with Gasteiger partial charge in [0.2, 0.25) is 0 Å². The molecule has 3 atom stereocenters. The average molecular weight is 217 g/mol. The van der Waals surface area contributed by atoms with Crippen LogP contribution in [-0.2, 0) is 14.3 Å². The summed E-state index contributed by atoms with van der Waals surface area (Å²) in [7, 11) is 3.11. The number of alkyl halides is 1. The van der Waals surface area contributed by atoms with E-state index in [4.69, 9.17) is 9.47 Å². The summed E-state index contributed by atoms with van der Waals surface area (Å²) < 4.78 is 23.2. The Labute approximate surface area is 88.3 Å². The van der Waals surface area contributed by atoms with Crippen molar-refractivity contribution in [2.45, 2.75) is 30.7 Å². The standard InChI is InChI=1S/C10H16FNO3/c1-12-5-7(11)3-10(12,9(13)14-2)4-8-6-15-8/h7-8H,3-6H2,1-2H3. The van der Waals surface area contributed by atoms with Crippen LogP contribution in [0.15, 0.2) is 0 Å². The van der Waals surface area contributed by atoms with Crippen LogP contribution in [0.25, 0.3) is 0 Å². The molecule has 2 saturated heterocycles. The van der Waals surface area contributed by atoms with Crippen LogP contribution < -0.4 is 0 Å². The third-order valence-corrected chi connectivity index (χ3v) is 3.29. The highest BCUT2D eigenvalue weighted by molar-refractivity contribution is 5.81. The number of epoxide rings is 1. The quantitative estimate of drug-likeness (QED) is 0.505. The van der Waals surface area contributed by atoms with Gasteiger partial charge in [-0.2, -0.15) is 0 Å². The molecule has 0 radical (unpaired) electrons.